The van der Waals surface area contributed by atoms with E-state index in [1.54, 1.807) is 7.05 Å². The van der Waals surface area contributed by atoms with Crippen LogP contribution in [-0.2, 0) is 22.8 Å². The number of halogens is 1. The van der Waals surface area contributed by atoms with Crippen LogP contribution in [0.15, 0.2) is 47.7 Å². The molecule has 7 nitrogen and oxygen atoms in total. The summed E-state index contributed by atoms with van der Waals surface area (Å²) in [6.45, 7) is 3.43. The molecule has 0 amide bonds. The van der Waals surface area contributed by atoms with Gasteiger partial charge in [-0.25, -0.2) is 13.4 Å². The van der Waals surface area contributed by atoms with E-state index in [0.717, 1.165) is 18.8 Å². The molecule has 156 valence electrons. The molecule has 1 aromatic carbocycles. The molecule has 9 heteroatoms. The molecule has 0 aliphatic rings. The molecule has 1 heterocycles. The van der Waals surface area contributed by atoms with E-state index in [2.05, 4.69) is 37.3 Å². The highest BCUT2D eigenvalue weighted by Gasteiger charge is 2.10. The minimum atomic E-state index is -2.95. The van der Waals surface area contributed by atoms with E-state index in [1.807, 2.05) is 37.5 Å². The predicted molar refractivity (Wildman–Crippen MR) is 125 cm³/mol. The van der Waals surface area contributed by atoms with E-state index in [4.69, 9.17) is 0 Å². The van der Waals surface area contributed by atoms with Gasteiger partial charge in [0.1, 0.15) is 15.7 Å². The average Bonchev–Trinajstić information content (AvgIpc) is 3.06. The first kappa shape index (κ1) is 24.4. The summed E-state index contributed by atoms with van der Waals surface area (Å²) in [6, 6.07) is 10.3. The Morgan fingerprint density at radius 2 is 2.00 bits per heavy atom. The standard InChI is InChI=1S/C19H29N5O2S.HI/c1-16(10-14-27(3,25)26)23-19(20-2)22-11-9-18-21-12-13-24(18)15-17-7-5-4-6-8-17;/h4-8,12-13,16H,9-11,14-15H2,1-3H3,(H2,20,22,23);1H. The molecule has 0 fully saturated rings. The van der Waals surface area contributed by atoms with Crippen LogP contribution in [0, 0.1) is 0 Å². The van der Waals surface area contributed by atoms with E-state index in [-0.39, 0.29) is 35.8 Å². The Kier molecular flexibility index (Phi) is 10.5. The van der Waals surface area contributed by atoms with Crippen molar-refractivity contribution >= 4 is 39.8 Å². The van der Waals surface area contributed by atoms with Gasteiger partial charge in [-0.3, -0.25) is 4.99 Å². The van der Waals surface area contributed by atoms with Gasteiger partial charge >= 0.3 is 0 Å². The molecule has 0 bridgehead atoms. The highest BCUT2D eigenvalue weighted by atomic mass is 127. The fourth-order valence-corrected chi connectivity index (χ4v) is 3.46. The van der Waals surface area contributed by atoms with Gasteiger partial charge in [-0.05, 0) is 18.9 Å². The topological polar surface area (TPSA) is 88.4 Å². The van der Waals surface area contributed by atoms with Crippen molar-refractivity contribution in [2.75, 3.05) is 25.6 Å². The molecule has 0 aliphatic carbocycles. The van der Waals surface area contributed by atoms with E-state index in [0.29, 0.717) is 18.9 Å². The average molecular weight is 519 g/mol. The number of imidazole rings is 1. The summed E-state index contributed by atoms with van der Waals surface area (Å²) in [7, 11) is -1.25. The molecule has 2 rings (SSSR count). The van der Waals surface area contributed by atoms with Gasteiger partial charge in [0.05, 0.1) is 5.75 Å². The Bertz CT molecular complexity index is 837. The maximum atomic E-state index is 11.3. The molecule has 28 heavy (non-hydrogen) atoms. The molecule has 0 spiro atoms. The van der Waals surface area contributed by atoms with E-state index < -0.39 is 9.84 Å². The lowest BCUT2D eigenvalue weighted by molar-refractivity contribution is 0.580. The first-order chi connectivity index (χ1) is 12.9. The van der Waals surface area contributed by atoms with E-state index in [9.17, 15) is 8.42 Å². The summed E-state index contributed by atoms with van der Waals surface area (Å²) in [5, 5.41) is 6.48. The third kappa shape index (κ3) is 9.05. The quantitative estimate of drug-likeness (QED) is 0.301. The van der Waals surface area contributed by atoms with E-state index >= 15 is 0 Å². The number of hydrogen-bond donors (Lipinski definition) is 2. The molecule has 1 unspecified atom stereocenters. The fourth-order valence-electron chi connectivity index (χ4n) is 2.68. The smallest absolute Gasteiger partial charge is 0.191 e. The van der Waals surface area contributed by atoms with Crippen LogP contribution < -0.4 is 10.6 Å². The molecule has 0 saturated heterocycles. The maximum absolute atomic E-state index is 11.3. The number of rotatable bonds is 9. The maximum Gasteiger partial charge on any atom is 0.191 e. The highest BCUT2D eigenvalue weighted by molar-refractivity contribution is 14.0. The van der Waals surface area contributed by atoms with Crippen LogP contribution in [0.5, 0.6) is 0 Å². The largest absolute Gasteiger partial charge is 0.356 e. The lowest BCUT2D eigenvalue weighted by Gasteiger charge is -2.17. The van der Waals surface area contributed by atoms with Crippen LogP contribution in [0.2, 0.25) is 0 Å². The highest BCUT2D eigenvalue weighted by Crippen LogP contribution is 2.06. The Balaban J connectivity index is 0.00000392. The Hall–Kier alpha value is -1.62. The van der Waals surface area contributed by atoms with Gasteiger partial charge in [0, 0.05) is 51.2 Å². The number of sulfone groups is 1. The van der Waals surface area contributed by atoms with Crippen molar-refractivity contribution < 1.29 is 8.42 Å². The summed E-state index contributed by atoms with van der Waals surface area (Å²) < 4.78 is 24.7. The van der Waals surface area contributed by atoms with Crippen molar-refractivity contribution in [1.29, 1.82) is 0 Å². The van der Waals surface area contributed by atoms with Gasteiger partial charge < -0.3 is 15.2 Å². The lowest BCUT2D eigenvalue weighted by atomic mass is 10.2. The molecular formula is C19H30IN5O2S. The number of guanidine groups is 1. The second kappa shape index (κ2) is 12.1. The molecule has 0 saturated carbocycles. The van der Waals surface area contributed by atoms with Gasteiger partial charge in [-0.1, -0.05) is 30.3 Å². The third-order valence-electron chi connectivity index (χ3n) is 4.17. The van der Waals surface area contributed by atoms with Crippen molar-refractivity contribution in [2.45, 2.75) is 32.4 Å². The number of benzene rings is 1. The lowest BCUT2D eigenvalue weighted by Crippen LogP contribution is -2.43. The number of nitrogens with one attached hydrogen (secondary N) is 2. The number of aromatic nitrogens is 2. The molecule has 1 atom stereocenters. The SMILES string of the molecule is CN=C(NCCc1nccn1Cc1ccccc1)NC(C)CCS(C)(=O)=O.I. The summed E-state index contributed by atoms with van der Waals surface area (Å²) >= 11 is 0. The van der Waals surface area contributed by atoms with Gasteiger partial charge in [-0.15, -0.1) is 24.0 Å². The van der Waals surface area contributed by atoms with Crippen molar-refractivity contribution in [3.8, 4) is 0 Å². The van der Waals surface area contributed by atoms with Crippen LogP contribution >= 0.6 is 24.0 Å². The Morgan fingerprint density at radius 3 is 2.64 bits per heavy atom. The second-order valence-corrected chi connectivity index (χ2v) is 8.93. The van der Waals surface area contributed by atoms with Crippen LogP contribution in [0.3, 0.4) is 0 Å². The van der Waals surface area contributed by atoms with Gasteiger partial charge in [0.15, 0.2) is 5.96 Å². The predicted octanol–water partition coefficient (Wildman–Crippen LogP) is 2.08. The second-order valence-electron chi connectivity index (χ2n) is 6.67. The van der Waals surface area contributed by atoms with Gasteiger partial charge in [0.2, 0.25) is 0 Å². The zero-order valence-electron chi connectivity index (χ0n) is 16.6. The molecule has 0 radical (unpaired) electrons. The zero-order chi connectivity index (χ0) is 19.7. The summed E-state index contributed by atoms with van der Waals surface area (Å²) in [5.74, 6) is 1.83. The first-order valence-electron chi connectivity index (χ1n) is 9.06. The summed E-state index contributed by atoms with van der Waals surface area (Å²) in [6.07, 6.45) is 6.37. The van der Waals surface area contributed by atoms with Gasteiger partial charge in [0.25, 0.3) is 0 Å². The molecule has 2 N–H and O–H groups in total. The molecule has 2 aromatic rings. The molecular weight excluding hydrogens is 489 g/mol. The van der Waals surface area contributed by atoms with Gasteiger partial charge in [-0.2, -0.15) is 0 Å². The van der Waals surface area contributed by atoms with Crippen LogP contribution in [0.1, 0.15) is 24.7 Å². The number of nitrogens with zero attached hydrogens (tertiary/aromatic N) is 3. The van der Waals surface area contributed by atoms with Crippen molar-refractivity contribution in [3.63, 3.8) is 0 Å². The molecule has 0 aliphatic heterocycles. The number of aliphatic imine (C=N–C) groups is 1. The van der Waals surface area contributed by atoms with Crippen molar-refractivity contribution in [2.24, 2.45) is 4.99 Å². The number of hydrogen-bond acceptors (Lipinski definition) is 4. The van der Waals surface area contributed by atoms with Crippen molar-refractivity contribution in [3.05, 3.63) is 54.1 Å². The Morgan fingerprint density at radius 1 is 1.29 bits per heavy atom. The van der Waals surface area contributed by atoms with Crippen LogP contribution in [-0.4, -0.2) is 55.6 Å². The van der Waals surface area contributed by atoms with E-state index in [1.165, 1.54) is 11.8 Å². The first-order valence-corrected chi connectivity index (χ1v) is 11.1. The van der Waals surface area contributed by atoms with Crippen LogP contribution in [0.4, 0.5) is 0 Å². The normalized spacial score (nSPS) is 12.9. The zero-order valence-corrected chi connectivity index (χ0v) is 19.8. The monoisotopic (exact) mass is 519 g/mol. The summed E-state index contributed by atoms with van der Waals surface area (Å²) in [5.41, 5.74) is 1.24. The van der Waals surface area contributed by atoms with Crippen molar-refractivity contribution in [1.82, 2.24) is 20.2 Å². The Labute approximate surface area is 185 Å². The summed E-state index contributed by atoms with van der Waals surface area (Å²) in [4.78, 5) is 8.65. The fraction of sp³-hybridized carbons (Fsp3) is 0.474. The molecule has 1 aromatic heterocycles. The van der Waals surface area contributed by atoms with Crippen LogP contribution in [0.25, 0.3) is 0 Å². The minimum absolute atomic E-state index is 0. The minimum Gasteiger partial charge on any atom is -0.356 e. The third-order valence-corrected chi connectivity index (χ3v) is 5.14.